The van der Waals surface area contributed by atoms with Crippen molar-refractivity contribution in [3.8, 4) is 11.6 Å². The molecule has 41 heavy (non-hydrogen) atoms. The van der Waals surface area contributed by atoms with Crippen molar-refractivity contribution in [2.45, 2.75) is 0 Å². The highest BCUT2D eigenvalue weighted by atomic mass is 16.5. The number of nitrogens with zero attached hydrogens (tertiary/aromatic N) is 5. The molecule has 0 radical (unpaired) electrons. The summed E-state index contributed by atoms with van der Waals surface area (Å²) in [6, 6.07) is 13.3. The van der Waals surface area contributed by atoms with Crippen molar-refractivity contribution < 1.29 is 9.53 Å². The first-order chi connectivity index (χ1) is 19.7. The predicted molar refractivity (Wildman–Crippen MR) is 165 cm³/mol. The van der Waals surface area contributed by atoms with Gasteiger partial charge in [-0.05, 0) is 38.4 Å². The van der Waals surface area contributed by atoms with Crippen molar-refractivity contribution in [3.05, 3.63) is 79.3 Å². The number of fused-ring (bicyclic) bond motifs is 1. The zero-order valence-corrected chi connectivity index (χ0v) is 23.7. The zero-order valence-electron chi connectivity index (χ0n) is 23.7. The van der Waals surface area contributed by atoms with Crippen LogP contribution in [0, 0.1) is 0 Å². The van der Waals surface area contributed by atoms with E-state index in [4.69, 9.17) is 21.3 Å². The summed E-state index contributed by atoms with van der Waals surface area (Å²) in [4.78, 5) is 25.6. The van der Waals surface area contributed by atoms with Crippen molar-refractivity contribution in [1.82, 2.24) is 24.9 Å². The molecule has 0 fully saturated rings. The average Bonchev–Trinajstić information content (AvgIpc) is 3.36. The Morgan fingerprint density at radius 1 is 1.15 bits per heavy atom. The average molecular weight is 557 g/mol. The number of nitrogens with two attached hydrogens (primary N) is 2. The molecule has 2 heterocycles. The van der Waals surface area contributed by atoms with Crippen LogP contribution in [0.4, 0.5) is 23.0 Å². The highest BCUT2D eigenvalue weighted by molar-refractivity contribution is 6.02. The SMILES string of the molecule is C=CC(=O)Nc1cc(Nc2nccc(-n3cc(/C(N)=C/NN)c4ccccc43)n2)c(OC)cc1N(C)CCN(C)C. The van der Waals surface area contributed by atoms with Gasteiger partial charge in [-0.3, -0.25) is 10.6 Å². The number of carbonyl (C=O) groups is 1. The molecule has 1 amide bonds. The van der Waals surface area contributed by atoms with E-state index in [1.807, 2.05) is 62.2 Å². The molecule has 12 heteroatoms. The summed E-state index contributed by atoms with van der Waals surface area (Å²) >= 11 is 0. The van der Waals surface area contributed by atoms with E-state index in [0.717, 1.165) is 35.2 Å². The van der Waals surface area contributed by atoms with Crippen molar-refractivity contribution in [2.75, 3.05) is 56.9 Å². The Hall–Kier alpha value is -5.07. The number of methoxy groups -OCH3 is 1. The largest absolute Gasteiger partial charge is 0.494 e. The Balaban J connectivity index is 1.73. The van der Waals surface area contributed by atoms with Gasteiger partial charge in [0.25, 0.3) is 0 Å². The Kier molecular flexibility index (Phi) is 9.07. The maximum atomic E-state index is 12.3. The molecular formula is C29H36N10O2. The minimum Gasteiger partial charge on any atom is -0.494 e. The number of para-hydroxylation sites is 1. The van der Waals surface area contributed by atoms with Gasteiger partial charge in [-0.15, -0.1) is 0 Å². The van der Waals surface area contributed by atoms with Crippen LogP contribution in [0.5, 0.6) is 5.75 Å². The molecule has 214 valence electrons. The number of hydrogen-bond acceptors (Lipinski definition) is 10. The van der Waals surface area contributed by atoms with Crippen molar-refractivity contribution in [1.29, 1.82) is 0 Å². The van der Waals surface area contributed by atoms with E-state index in [1.165, 1.54) is 12.3 Å². The first kappa shape index (κ1) is 28.9. The molecule has 0 saturated carbocycles. The second-order valence-corrected chi connectivity index (χ2v) is 9.55. The van der Waals surface area contributed by atoms with Gasteiger partial charge in [-0.2, -0.15) is 4.98 Å². The summed E-state index contributed by atoms with van der Waals surface area (Å²) in [5.74, 6) is 6.65. The molecule has 0 atom stereocenters. The lowest BCUT2D eigenvalue weighted by molar-refractivity contribution is -0.111. The summed E-state index contributed by atoms with van der Waals surface area (Å²) in [5.41, 5.74) is 12.9. The molecule has 4 rings (SSSR count). The van der Waals surface area contributed by atoms with Crippen LogP contribution >= 0.6 is 0 Å². The number of aromatic nitrogens is 3. The smallest absolute Gasteiger partial charge is 0.247 e. The Bertz CT molecular complexity index is 1580. The highest BCUT2D eigenvalue weighted by Gasteiger charge is 2.17. The standard InChI is InChI=1S/C29H36N10O2/c1-6-28(40)34-22-15-23(26(41-5)16-25(22)38(4)14-13-37(2)3)35-29-32-12-11-27(36-29)39-18-20(21(30)17-33-31)19-9-7-8-10-24(19)39/h6-12,15-18,33H,1,13-14,30-31H2,2-5H3,(H,34,40)(H,32,35,36)/b21-17-. The Labute approximate surface area is 239 Å². The van der Waals surface area contributed by atoms with E-state index in [-0.39, 0.29) is 5.91 Å². The molecule has 0 saturated heterocycles. The molecule has 2 aromatic carbocycles. The minimum absolute atomic E-state index is 0.324. The molecule has 2 aromatic heterocycles. The van der Waals surface area contributed by atoms with Crippen LogP contribution < -0.4 is 37.3 Å². The molecule has 0 bridgehead atoms. The summed E-state index contributed by atoms with van der Waals surface area (Å²) in [5, 5.41) is 7.10. The first-order valence-electron chi connectivity index (χ1n) is 12.9. The fourth-order valence-corrected chi connectivity index (χ4v) is 4.34. The maximum Gasteiger partial charge on any atom is 0.247 e. The summed E-state index contributed by atoms with van der Waals surface area (Å²) in [7, 11) is 7.57. The maximum absolute atomic E-state index is 12.3. The normalized spacial score (nSPS) is 11.4. The van der Waals surface area contributed by atoms with Gasteiger partial charge in [0.2, 0.25) is 11.9 Å². The highest BCUT2D eigenvalue weighted by Crippen LogP contribution is 2.38. The van der Waals surface area contributed by atoms with Crippen LogP contribution in [-0.4, -0.2) is 66.7 Å². The monoisotopic (exact) mass is 556 g/mol. The summed E-state index contributed by atoms with van der Waals surface area (Å²) in [6.07, 6.45) is 6.34. The van der Waals surface area contributed by atoms with Gasteiger partial charge in [-0.1, -0.05) is 24.8 Å². The number of ether oxygens (including phenoxy) is 1. The molecule has 12 nitrogen and oxygen atoms in total. The first-order valence-corrected chi connectivity index (χ1v) is 12.9. The second-order valence-electron chi connectivity index (χ2n) is 9.55. The van der Waals surface area contributed by atoms with E-state index in [1.54, 1.807) is 25.4 Å². The lowest BCUT2D eigenvalue weighted by Gasteiger charge is -2.26. The molecule has 0 aliphatic rings. The van der Waals surface area contributed by atoms with Crippen LogP contribution in [0.2, 0.25) is 0 Å². The van der Waals surface area contributed by atoms with Crippen LogP contribution in [0.3, 0.4) is 0 Å². The van der Waals surface area contributed by atoms with Crippen molar-refractivity contribution >= 4 is 45.5 Å². The Morgan fingerprint density at radius 3 is 2.63 bits per heavy atom. The number of likely N-dealkylation sites (N-methyl/N-ethyl adjacent to an activating group) is 2. The van der Waals surface area contributed by atoms with E-state index < -0.39 is 0 Å². The lowest BCUT2D eigenvalue weighted by Crippen LogP contribution is -2.29. The number of anilines is 4. The van der Waals surface area contributed by atoms with Gasteiger partial charge in [-0.25, -0.2) is 4.98 Å². The summed E-state index contributed by atoms with van der Waals surface area (Å²) < 4.78 is 7.65. The van der Waals surface area contributed by atoms with Crippen molar-refractivity contribution in [3.63, 3.8) is 0 Å². The third kappa shape index (κ3) is 6.57. The van der Waals surface area contributed by atoms with Gasteiger partial charge < -0.3 is 40.9 Å². The summed E-state index contributed by atoms with van der Waals surface area (Å²) in [6.45, 7) is 5.14. The fourth-order valence-electron chi connectivity index (χ4n) is 4.34. The minimum atomic E-state index is -0.324. The number of nitrogens with one attached hydrogen (secondary N) is 3. The molecule has 7 N–H and O–H groups in total. The molecular weight excluding hydrogens is 520 g/mol. The third-order valence-electron chi connectivity index (χ3n) is 6.45. The van der Waals surface area contributed by atoms with Crippen LogP contribution in [0.1, 0.15) is 5.56 Å². The number of benzene rings is 2. The lowest BCUT2D eigenvalue weighted by atomic mass is 10.1. The van der Waals surface area contributed by atoms with Crippen LogP contribution in [0.25, 0.3) is 22.4 Å². The zero-order chi connectivity index (χ0) is 29.5. The van der Waals surface area contributed by atoms with E-state index >= 15 is 0 Å². The number of rotatable bonds is 12. The Morgan fingerprint density at radius 2 is 1.93 bits per heavy atom. The number of amides is 1. The fraction of sp³-hybridized carbons (Fsp3) is 0.207. The molecule has 4 aromatic rings. The van der Waals surface area contributed by atoms with E-state index in [2.05, 4.69) is 37.4 Å². The quantitative estimate of drug-likeness (QED) is 0.100. The number of carbonyl (C=O) groups excluding carboxylic acids is 1. The van der Waals surface area contributed by atoms with Gasteiger partial charge in [0.15, 0.2) is 0 Å². The topological polar surface area (TPSA) is 152 Å². The van der Waals surface area contributed by atoms with Gasteiger partial charge in [0.1, 0.15) is 11.6 Å². The van der Waals surface area contributed by atoms with Crippen molar-refractivity contribution in [2.24, 2.45) is 11.6 Å². The molecule has 0 spiro atoms. The van der Waals surface area contributed by atoms with Gasteiger partial charge >= 0.3 is 0 Å². The molecule has 0 aliphatic carbocycles. The molecule has 0 aliphatic heterocycles. The number of hydrogen-bond donors (Lipinski definition) is 5. The molecule has 0 unspecified atom stereocenters. The van der Waals surface area contributed by atoms with E-state index in [0.29, 0.717) is 34.6 Å². The second kappa shape index (κ2) is 12.9. The van der Waals surface area contributed by atoms with E-state index in [9.17, 15) is 4.79 Å². The van der Waals surface area contributed by atoms with Crippen LogP contribution in [0.15, 0.2) is 73.7 Å². The third-order valence-corrected chi connectivity index (χ3v) is 6.45. The number of hydrazine groups is 1. The predicted octanol–water partition coefficient (Wildman–Crippen LogP) is 3.02. The van der Waals surface area contributed by atoms with Gasteiger partial charge in [0, 0.05) is 55.7 Å². The van der Waals surface area contributed by atoms with Gasteiger partial charge in [0.05, 0.1) is 35.4 Å². The van der Waals surface area contributed by atoms with Crippen LogP contribution in [-0.2, 0) is 4.79 Å².